The van der Waals surface area contributed by atoms with Crippen LogP contribution in [0, 0.1) is 5.92 Å². The van der Waals surface area contributed by atoms with Crippen LogP contribution in [-0.4, -0.2) is 36.2 Å². The average Bonchev–Trinajstić information content (AvgIpc) is 3.14. The predicted octanol–water partition coefficient (Wildman–Crippen LogP) is 4.14. The molecule has 1 fully saturated rings. The highest BCUT2D eigenvalue weighted by molar-refractivity contribution is 7.12. The second kappa shape index (κ2) is 7.99. The number of hydrogen-bond donors (Lipinski definition) is 1. The van der Waals surface area contributed by atoms with Crippen molar-refractivity contribution in [2.75, 3.05) is 18.4 Å². The monoisotopic (exact) mass is 398 g/mol. The van der Waals surface area contributed by atoms with Gasteiger partial charge < -0.3 is 15.0 Å². The predicted molar refractivity (Wildman–Crippen MR) is 94.7 cm³/mol. The number of carbonyl (C=O) groups excluding carboxylic acids is 2. The van der Waals surface area contributed by atoms with Gasteiger partial charge in [-0.2, -0.15) is 0 Å². The second-order valence-electron chi connectivity index (χ2n) is 6.13. The highest BCUT2D eigenvalue weighted by Crippen LogP contribution is 2.26. The van der Waals surface area contributed by atoms with Crippen LogP contribution in [0.1, 0.15) is 22.5 Å². The SMILES string of the molecule is O=C(Nc1cccc(OC(F)(F)F)c1)C1CCCN(C(=O)c2cccs2)C1. The molecule has 144 valence electrons. The minimum atomic E-state index is -4.80. The summed E-state index contributed by atoms with van der Waals surface area (Å²) >= 11 is 1.35. The number of benzene rings is 1. The number of rotatable bonds is 4. The third kappa shape index (κ3) is 5.22. The molecule has 1 aliphatic heterocycles. The minimum Gasteiger partial charge on any atom is -0.406 e. The van der Waals surface area contributed by atoms with E-state index in [4.69, 9.17) is 0 Å². The molecule has 1 aliphatic rings. The topological polar surface area (TPSA) is 58.6 Å². The van der Waals surface area contributed by atoms with E-state index in [2.05, 4.69) is 10.1 Å². The smallest absolute Gasteiger partial charge is 0.406 e. The number of ether oxygens (including phenoxy) is 1. The van der Waals surface area contributed by atoms with E-state index >= 15 is 0 Å². The molecule has 1 saturated heterocycles. The van der Waals surface area contributed by atoms with E-state index < -0.39 is 18.0 Å². The van der Waals surface area contributed by atoms with Gasteiger partial charge in [-0.1, -0.05) is 12.1 Å². The Kier molecular flexibility index (Phi) is 5.69. The van der Waals surface area contributed by atoms with Gasteiger partial charge in [-0.3, -0.25) is 9.59 Å². The lowest BCUT2D eigenvalue weighted by molar-refractivity contribution is -0.274. The van der Waals surface area contributed by atoms with Crippen molar-refractivity contribution in [3.63, 3.8) is 0 Å². The Morgan fingerprint density at radius 1 is 1.22 bits per heavy atom. The van der Waals surface area contributed by atoms with E-state index in [1.54, 1.807) is 17.0 Å². The number of thiophene rings is 1. The fourth-order valence-electron chi connectivity index (χ4n) is 2.95. The number of likely N-dealkylation sites (tertiary alicyclic amines) is 1. The maximum Gasteiger partial charge on any atom is 0.573 e. The summed E-state index contributed by atoms with van der Waals surface area (Å²) in [6, 6.07) is 8.65. The molecule has 27 heavy (non-hydrogen) atoms. The molecular weight excluding hydrogens is 381 g/mol. The first-order chi connectivity index (χ1) is 12.8. The average molecular weight is 398 g/mol. The number of alkyl halides is 3. The van der Waals surface area contributed by atoms with Crippen molar-refractivity contribution in [2.45, 2.75) is 19.2 Å². The van der Waals surface area contributed by atoms with Crippen LogP contribution in [0.4, 0.5) is 18.9 Å². The van der Waals surface area contributed by atoms with E-state index in [-0.39, 0.29) is 24.0 Å². The number of nitrogens with zero attached hydrogens (tertiary/aromatic N) is 1. The number of piperidine rings is 1. The summed E-state index contributed by atoms with van der Waals surface area (Å²) in [6.45, 7) is 0.858. The molecular formula is C18H17F3N2O3S. The van der Waals surface area contributed by atoms with Gasteiger partial charge in [-0.25, -0.2) is 0 Å². The third-order valence-corrected chi connectivity index (χ3v) is 5.00. The van der Waals surface area contributed by atoms with E-state index in [1.807, 2.05) is 5.38 Å². The Morgan fingerprint density at radius 2 is 2.04 bits per heavy atom. The first kappa shape index (κ1) is 19.2. The number of carbonyl (C=O) groups is 2. The fraction of sp³-hybridized carbons (Fsp3) is 0.333. The Hall–Kier alpha value is -2.55. The molecule has 1 aromatic carbocycles. The molecule has 0 aliphatic carbocycles. The first-order valence-electron chi connectivity index (χ1n) is 8.31. The molecule has 2 amide bonds. The summed E-state index contributed by atoms with van der Waals surface area (Å²) < 4.78 is 40.8. The number of amides is 2. The van der Waals surface area contributed by atoms with Crippen LogP contribution < -0.4 is 10.1 Å². The van der Waals surface area contributed by atoms with E-state index in [0.717, 1.165) is 12.1 Å². The standard InChI is InChI=1S/C18H17F3N2O3S/c19-18(20,21)26-14-6-1-5-13(10-14)22-16(24)12-4-2-8-23(11-12)17(25)15-7-3-9-27-15/h1,3,5-7,9-10,12H,2,4,8,11H2,(H,22,24). The summed E-state index contributed by atoms with van der Waals surface area (Å²) in [7, 11) is 0. The van der Waals surface area contributed by atoms with Crippen molar-refractivity contribution in [3.8, 4) is 5.75 Å². The quantitative estimate of drug-likeness (QED) is 0.842. The molecule has 1 N–H and O–H groups in total. The summed E-state index contributed by atoms with van der Waals surface area (Å²) in [5, 5.41) is 4.43. The van der Waals surface area contributed by atoms with E-state index in [0.29, 0.717) is 24.3 Å². The lowest BCUT2D eigenvalue weighted by Crippen LogP contribution is -2.43. The molecule has 0 radical (unpaired) electrons. The zero-order chi connectivity index (χ0) is 19.4. The van der Waals surface area contributed by atoms with Crippen molar-refractivity contribution in [2.24, 2.45) is 5.92 Å². The molecule has 9 heteroatoms. The van der Waals surface area contributed by atoms with Gasteiger partial charge in [-0.05, 0) is 36.4 Å². The van der Waals surface area contributed by atoms with E-state index in [1.165, 1.54) is 23.5 Å². The highest BCUT2D eigenvalue weighted by Gasteiger charge is 2.32. The third-order valence-electron chi connectivity index (χ3n) is 4.15. The van der Waals surface area contributed by atoms with Crippen LogP contribution in [0.2, 0.25) is 0 Å². The van der Waals surface area contributed by atoms with Crippen LogP contribution in [-0.2, 0) is 4.79 Å². The van der Waals surface area contributed by atoms with Crippen LogP contribution >= 0.6 is 11.3 Å². The molecule has 1 aromatic heterocycles. The van der Waals surface area contributed by atoms with Crippen LogP contribution in [0.15, 0.2) is 41.8 Å². The molecule has 0 spiro atoms. The summed E-state index contributed by atoms with van der Waals surface area (Å²) in [5.41, 5.74) is 0.212. The van der Waals surface area contributed by atoms with Crippen molar-refractivity contribution in [1.82, 2.24) is 4.90 Å². The minimum absolute atomic E-state index is 0.108. The van der Waals surface area contributed by atoms with Gasteiger partial charge >= 0.3 is 6.36 Å². The zero-order valence-electron chi connectivity index (χ0n) is 14.2. The maximum atomic E-state index is 12.5. The lowest BCUT2D eigenvalue weighted by Gasteiger charge is -2.31. The van der Waals surface area contributed by atoms with Gasteiger partial charge in [0.1, 0.15) is 5.75 Å². The van der Waals surface area contributed by atoms with Gasteiger partial charge in [0.05, 0.1) is 10.8 Å². The fourth-order valence-corrected chi connectivity index (χ4v) is 3.64. The summed E-state index contributed by atoms with van der Waals surface area (Å²) in [4.78, 5) is 27.2. The Labute approximate surface area is 157 Å². The maximum absolute atomic E-state index is 12.5. The molecule has 5 nitrogen and oxygen atoms in total. The number of anilines is 1. The van der Waals surface area contributed by atoms with Crippen LogP contribution in [0.5, 0.6) is 5.75 Å². The molecule has 2 aromatic rings. The summed E-state index contributed by atoms with van der Waals surface area (Å²) in [5.74, 6) is -1.26. The highest BCUT2D eigenvalue weighted by atomic mass is 32.1. The molecule has 0 saturated carbocycles. The largest absolute Gasteiger partial charge is 0.573 e. The Balaban J connectivity index is 1.62. The van der Waals surface area contributed by atoms with Gasteiger partial charge in [0.15, 0.2) is 0 Å². The van der Waals surface area contributed by atoms with E-state index in [9.17, 15) is 22.8 Å². The number of halogens is 3. The van der Waals surface area contributed by atoms with Gasteiger partial charge in [-0.15, -0.1) is 24.5 Å². The normalized spacial score (nSPS) is 17.4. The molecule has 1 unspecified atom stereocenters. The first-order valence-corrected chi connectivity index (χ1v) is 9.19. The molecule has 0 bridgehead atoms. The zero-order valence-corrected chi connectivity index (χ0v) is 15.0. The second-order valence-corrected chi connectivity index (χ2v) is 7.08. The number of hydrogen-bond acceptors (Lipinski definition) is 4. The van der Waals surface area contributed by atoms with Crippen molar-refractivity contribution < 1.29 is 27.5 Å². The van der Waals surface area contributed by atoms with Crippen molar-refractivity contribution >= 4 is 28.8 Å². The van der Waals surface area contributed by atoms with Crippen LogP contribution in [0.3, 0.4) is 0 Å². The van der Waals surface area contributed by atoms with Gasteiger partial charge in [0.2, 0.25) is 5.91 Å². The van der Waals surface area contributed by atoms with Crippen molar-refractivity contribution in [3.05, 3.63) is 46.7 Å². The summed E-state index contributed by atoms with van der Waals surface area (Å²) in [6.07, 6.45) is -3.50. The molecule has 3 rings (SSSR count). The Morgan fingerprint density at radius 3 is 2.74 bits per heavy atom. The Bertz CT molecular complexity index is 808. The van der Waals surface area contributed by atoms with Crippen molar-refractivity contribution in [1.29, 1.82) is 0 Å². The van der Waals surface area contributed by atoms with Crippen LogP contribution in [0.25, 0.3) is 0 Å². The molecule has 2 heterocycles. The van der Waals surface area contributed by atoms with Gasteiger partial charge in [0, 0.05) is 24.8 Å². The lowest BCUT2D eigenvalue weighted by atomic mass is 9.97. The van der Waals surface area contributed by atoms with Gasteiger partial charge in [0.25, 0.3) is 5.91 Å². The molecule has 1 atom stereocenters. The number of nitrogens with one attached hydrogen (secondary N) is 1.